The first-order chi connectivity index (χ1) is 5.93. The lowest BCUT2D eigenvalue weighted by Gasteiger charge is -2.16. The lowest BCUT2D eigenvalue weighted by atomic mass is 9.97. The number of aliphatic hydroxyl groups is 5. The largest absolute Gasteiger partial charge is 0.412 e. The molecule has 0 aliphatic heterocycles. The molecule has 0 heterocycles. The first kappa shape index (κ1) is 24.1. The summed E-state index contributed by atoms with van der Waals surface area (Å²) in [4.78, 5) is 0. The Morgan fingerprint density at radius 3 is 1.13 bits per heavy atom. The summed E-state index contributed by atoms with van der Waals surface area (Å²) in [5.74, 6) is 0. The molecule has 0 aliphatic carbocycles. The summed E-state index contributed by atoms with van der Waals surface area (Å²) in [5, 5.41) is 40.9. The summed E-state index contributed by atoms with van der Waals surface area (Å²) in [6, 6.07) is 0. The maximum Gasteiger partial charge on any atom is 0.100 e. The van der Waals surface area contributed by atoms with Crippen molar-refractivity contribution in [2.24, 2.45) is 5.41 Å². The van der Waals surface area contributed by atoms with Crippen molar-refractivity contribution in [1.29, 1.82) is 0 Å². The summed E-state index contributed by atoms with van der Waals surface area (Å²) >= 11 is 0. The van der Waals surface area contributed by atoms with Gasteiger partial charge in [-0.15, -0.1) is 0 Å². The summed E-state index contributed by atoms with van der Waals surface area (Å²) in [6.45, 7) is 2.96. The Bertz CT molecular complexity index is 97.2. The smallest absolute Gasteiger partial charge is 0.100 e. The van der Waals surface area contributed by atoms with Crippen LogP contribution in [0.3, 0.4) is 0 Å². The Labute approximate surface area is 89.2 Å². The molecule has 9 N–H and O–H groups in total. The zero-order valence-corrected chi connectivity index (χ0v) is 9.14. The van der Waals surface area contributed by atoms with Crippen molar-refractivity contribution in [2.45, 2.75) is 20.0 Å². The van der Waals surface area contributed by atoms with Gasteiger partial charge in [0.05, 0.1) is 26.4 Å². The molecule has 0 saturated carbocycles. The fourth-order valence-corrected chi connectivity index (χ4v) is 0.108. The van der Waals surface area contributed by atoms with Crippen LogP contribution in [0.5, 0.6) is 0 Å². The van der Waals surface area contributed by atoms with Crippen molar-refractivity contribution in [3.8, 4) is 0 Å². The van der Waals surface area contributed by atoms with E-state index in [2.05, 4.69) is 0 Å². The summed E-state index contributed by atoms with van der Waals surface area (Å²) in [5.41, 5.74) is -0.306. The molecule has 0 spiro atoms. The molecule has 15 heavy (non-hydrogen) atoms. The summed E-state index contributed by atoms with van der Waals surface area (Å²) in [7, 11) is 0. The lowest BCUT2D eigenvalue weighted by molar-refractivity contribution is 0.0450. The van der Waals surface area contributed by atoms with Crippen molar-refractivity contribution in [3.63, 3.8) is 0 Å². The number of hydrogen-bond acceptors (Lipinski definition) is 5. The first-order valence-corrected chi connectivity index (χ1v) is 4.05. The van der Waals surface area contributed by atoms with Crippen LogP contribution in [-0.2, 0) is 0 Å². The third kappa shape index (κ3) is 19.9. The summed E-state index contributed by atoms with van der Waals surface area (Å²) < 4.78 is 0. The SMILES string of the molecule is CC(C)(CO)CO.O.O.OCC(O)CO. The van der Waals surface area contributed by atoms with Crippen LogP contribution in [0.4, 0.5) is 0 Å². The highest BCUT2D eigenvalue weighted by Gasteiger charge is 2.13. The molecule has 0 aromatic rings. The molecule has 7 heteroatoms. The first-order valence-electron chi connectivity index (χ1n) is 4.05. The van der Waals surface area contributed by atoms with E-state index in [1.54, 1.807) is 13.8 Å². The molecule has 0 atom stereocenters. The number of aliphatic hydroxyl groups excluding tert-OH is 5. The Hall–Kier alpha value is -0.280. The van der Waals surface area contributed by atoms with Gasteiger partial charge in [0.1, 0.15) is 6.10 Å². The topological polar surface area (TPSA) is 164 Å². The van der Waals surface area contributed by atoms with E-state index in [0.717, 1.165) is 0 Å². The van der Waals surface area contributed by atoms with E-state index in [1.165, 1.54) is 0 Å². The molecule has 0 aromatic carbocycles. The third-order valence-electron chi connectivity index (χ3n) is 1.28. The Morgan fingerprint density at radius 2 is 1.13 bits per heavy atom. The zero-order valence-electron chi connectivity index (χ0n) is 9.14. The maximum atomic E-state index is 8.43. The molecule has 0 unspecified atom stereocenters. The standard InChI is InChI=1S/C5H12O2.C3H8O3.2H2O/c1-5(2,3-6)4-7;4-1-3(6)2-5;;/h6-7H,3-4H2,1-2H3;3-6H,1-2H2;2*1H2. The van der Waals surface area contributed by atoms with Gasteiger partial charge in [-0.2, -0.15) is 0 Å². The Morgan fingerprint density at radius 1 is 0.867 bits per heavy atom. The second kappa shape index (κ2) is 13.7. The van der Waals surface area contributed by atoms with Crippen molar-refractivity contribution >= 4 is 0 Å². The minimum atomic E-state index is -0.954. The van der Waals surface area contributed by atoms with Gasteiger partial charge in [0, 0.05) is 5.41 Å². The lowest BCUT2D eigenvalue weighted by Crippen LogP contribution is -2.20. The highest BCUT2D eigenvalue weighted by atomic mass is 16.3. The van der Waals surface area contributed by atoms with E-state index in [0.29, 0.717) is 0 Å². The quantitative estimate of drug-likeness (QED) is 0.341. The van der Waals surface area contributed by atoms with Gasteiger partial charge < -0.3 is 36.5 Å². The van der Waals surface area contributed by atoms with Crippen LogP contribution < -0.4 is 0 Å². The molecule has 0 aromatic heterocycles. The van der Waals surface area contributed by atoms with E-state index in [4.69, 9.17) is 25.5 Å². The van der Waals surface area contributed by atoms with E-state index >= 15 is 0 Å². The molecular formula is C8H24O7. The Kier molecular flexibility index (Phi) is 22.1. The molecular weight excluding hydrogens is 208 g/mol. The number of hydrogen-bond donors (Lipinski definition) is 5. The average Bonchev–Trinajstić information content (AvgIpc) is 2.17. The van der Waals surface area contributed by atoms with Crippen molar-refractivity contribution in [1.82, 2.24) is 0 Å². The maximum absolute atomic E-state index is 8.43. The third-order valence-corrected chi connectivity index (χ3v) is 1.28. The van der Waals surface area contributed by atoms with Crippen LogP contribution in [0, 0.1) is 5.41 Å². The van der Waals surface area contributed by atoms with Gasteiger partial charge in [0.15, 0.2) is 0 Å². The van der Waals surface area contributed by atoms with E-state index in [9.17, 15) is 0 Å². The van der Waals surface area contributed by atoms with Gasteiger partial charge in [-0.1, -0.05) is 13.8 Å². The van der Waals surface area contributed by atoms with Crippen LogP contribution >= 0.6 is 0 Å². The molecule has 0 fully saturated rings. The highest BCUT2D eigenvalue weighted by Crippen LogP contribution is 2.10. The molecule has 0 radical (unpaired) electrons. The van der Waals surface area contributed by atoms with Gasteiger partial charge in [-0.25, -0.2) is 0 Å². The van der Waals surface area contributed by atoms with Crippen molar-refractivity contribution in [2.75, 3.05) is 26.4 Å². The van der Waals surface area contributed by atoms with Crippen LogP contribution in [0.15, 0.2) is 0 Å². The second-order valence-corrected chi connectivity index (χ2v) is 3.50. The van der Waals surface area contributed by atoms with Gasteiger partial charge in [-0.3, -0.25) is 0 Å². The molecule has 0 bridgehead atoms. The summed E-state index contributed by atoms with van der Waals surface area (Å²) in [6.07, 6.45) is -0.954. The van der Waals surface area contributed by atoms with Crippen LogP contribution in [0.2, 0.25) is 0 Å². The van der Waals surface area contributed by atoms with Crippen molar-refractivity contribution < 1.29 is 36.5 Å². The molecule has 98 valence electrons. The number of rotatable bonds is 4. The molecule has 7 nitrogen and oxygen atoms in total. The Balaban J connectivity index is -0.0000000718. The van der Waals surface area contributed by atoms with E-state index < -0.39 is 6.10 Å². The normalized spacial score (nSPS) is 9.60. The minimum Gasteiger partial charge on any atom is -0.412 e. The van der Waals surface area contributed by atoms with Gasteiger partial charge in [0.2, 0.25) is 0 Å². The minimum absolute atomic E-state index is 0. The molecule has 0 amide bonds. The predicted octanol–water partition coefficient (Wildman–Crippen LogP) is -3.32. The molecule has 0 aliphatic rings. The van der Waals surface area contributed by atoms with E-state index in [-0.39, 0.29) is 42.8 Å². The van der Waals surface area contributed by atoms with Crippen molar-refractivity contribution in [3.05, 3.63) is 0 Å². The molecule has 0 rings (SSSR count). The van der Waals surface area contributed by atoms with Crippen LogP contribution in [0.1, 0.15) is 13.8 Å². The van der Waals surface area contributed by atoms with Gasteiger partial charge >= 0.3 is 0 Å². The van der Waals surface area contributed by atoms with Gasteiger partial charge in [-0.05, 0) is 0 Å². The van der Waals surface area contributed by atoms with Crippen LogP contribution in [0.25, 0.3) is 0 Å². The molecule has 0 saturated heterocycles. The van der Waals surface area contributed by atoms with Crippen LogP contribution in [-0.4, -0.2) is 69.0 Å². The zero-order chi connectivity index (χ0) is 10.9. The monoisotopic (exact) mass is 232 g/mol. The average molecular weight is 232 g/mol. The predicted molar refractivity (Wildman–Crippen MR) is 55.4 cm³/mol. The second-order valence-electron chi connectivity index (χ2n) is 3.50. The fraction of sp³-hybridized carbons (Fsp3) is 1.00. The van der Waals surface area contributed by atoms with Gasteiger partial charge in [0.25, 0.3) is 0 Å². The van der Waals surface area contributed by atoms with E-state index in [1.807, 2.05) is 0 Å². The highest BCUT2D eigenvalue weighted by molar-refractivity contribution is 4.62. The fourth-order valence-electron chi connectivity index (χ4n) is 0.108.